The molecule has 0 amide bonds. The molecule has 1 aliphatic rings. The van der Waals surface area contributed by atoms with Crippen LogP contribution in [-0.2, 0) is 13.0 Å². The lowest BCUT2D eigenvalue weighted by molar-refractivity contribution is 0.409. The summed E-state index contributed by atoms with van der Waals surface area (Å²) in [6, 6.07) is 15.0. The molecule has 1 atom stereocenters. The van der Waals surface area contributed by atoms with Gasteiger partial charge in [0.1, 0.15) is 19.4 Å². The first kappa shape index (κ1) is 19.2. The van der Waals surface area contributed by atoms with Crippen LogP contribution < -0.4 is 26.2 Å². The summed E-state index contributed by atoms with van der Waals surface area (Å²) in [7, 11) is 3.82. The molecule has 31 heavy (non-hydrogen) atoms. The van der Waals surface area contributed by atoms with Gasteiger partial charge in [-0.1, -0.05) is 35.8 Å². The highest BCUT2D eigenvalue weighted by Crippen LogP contribution is 2.31. The van der Waals surface area contributed by atoms with E-state index in [0.29, 0.717) is 11.5 Å². The third-order valence-corrected chi connectivity index (χ3v) is 5.70. The number of aromatic nitrogens is 4. The number of nitrogens with one attached hydrogen (secondary N) is 2. The van der Waals surface area contributed by atoms with Gasteiger partial charge in [-0.2, -0.15) is 15.1 Å². The number of nitrogens with two attached hydrogens (primary N) is 1. The van der Waals surface area contributed by atoms with Crippen molar-refractivity contribution in [2.45, 2.75) is 19.0 Å². The smallest absolute Gasteiger partial charge is 0.224 e. The van der Waals surface area contributed by atoms with Crippen LogP contribution in [0.15, 0.2) is 48.7 Å². The number of fused-ring (bicyclic) bond motifs is 2. The maximum atomic E-state index is 5.91. The molecule has 0 spiro atoms. The predicted molar refractivity (Wildman–Crippen MR) is 126 cm³/mol. The van der Waals surface area contributed by atoms with E-state index in [9.17, 15) is 0 Å². The van der Waals surface area contributed by atoms with Crippen LogP contribution in [0.25, 0.3) is 11.0 Å². The lowest BCUT2D eigenvalue weighted by Gasteiger charge is -2.37. The fraction of sp³-hybridized carbons (Fsp3) is 0.227. The number of nitrogens with zero attached hydrogens (tertiary/aromatic N) is 4. The van der Waals surface area contributed by atoms with E-state index in [1.54, 1.807) is 13.3 Å². The van der Waals surface area contributed by atoms with E-state index in [2.05, 4.69) is 74.6 Å². The molecule has 0 saturated carbocycles. The number of hydrogen-bond donors (Lipinski definition) is 3. The van der Waals surface area contributed by atoms with Gasteiger partial charge in [-0.25, -0.2) is 0 Å². The van der Waals surface area contributed by atoms with Crippen LogP contribution >= 0.6 is 0 Å². The number of ether oxygens (including phenoxy) is 1. The van der Waals surface area contributed by atoms with Crippen LogP contribution in [0, 0.1) is 0 Å². The summed E-state index contributed by atoms with van der Waals surface area (Å²) in [5, 5.41) is 11.4. The molecule has 1 aliphatic heterocycles. The third-order valence-electron chi connectivity index (χ3n) is 5.70. The summed E-state index contributed by atoms with van der Waals surface area (Å²) in [6.45, 7) is 1.57. The average molecular weight is 413 g/mol. The monoisotopic (exact) mass is 413 g/mol. The van der Waals surface area contributed by atoms with Gasteiger partial charge in [0.15, 0.2) is 5.65 Å². The van der Waals surface area contributed by atoms with Crippen LogP contribution in [0.3, 0.4) is 0 Å². The summed E-state index contributed by atoms with van der Waals surface area (Å²) in [5.74, 6) is 1.83. The first-order chi connectivity index (χ1) is 15.1. The molecule has 3 heterocycles. The second-order valence-electron chi connectivity index (χ2n) is 7.93. The van der Waals surface area contributed by atoms with Crippen molar-refractivity contribution in [2.75, 3.05) is 29.6 Å². The summed E-state index contributed by atoms with van der Waals surface area (Å²) in [6.07, 6.45) is 2.62. The summed E-state index contributed by atoms with van der Waals surface area (Å²) in [4.78, 5) is 11.0. The van der Waals surface area contributed by atoms with Gasteiger partial charge in [0, 0.05) is 30.4 Å². The van der Waals surface area contributed by atoms with E-state index < -0.39 is 0 Å². The van der Waals surface area contributed by atoms with E-state index in [4.69, 9.17) is 10.5 Å². The first-order valence-corrected chi connectivity index (χ1v) is 10.3. The highest BCUT2D eigenvalue weighted by molar-refractivity contribution is 6.32. The van der Waals surface area contributed by atoms with Crippen molar-refractivity contribution in [3.8, 4) is 5.75 Å². The Morgan fingerprint density at radius 2 is 2.13 bits per heavy atom. The van der Waals surface area contributed by atoms with Gasteiger partial charge in [0.05, 0.1) is 18.7 Å². The molecule has 4 aromatic rings. The van der Waals surface area contributed by atoms with Gasteiger partial charge in [0.25, 0.3) is 0 Å². The standard InChI is InChI=1S/C22H24BN7O/c1-31-19-7-6-15(23)8-14(19)11-30-12-16(9-13-4-2-3-5-18(13)30)26-20-17-10-25-29-21(17)28-22(24)27-20/h2-8,10,16H,9,11-12,23H2,1H3,(H4,24,25,26,27,28,29). The molecule has 5 rings (SSSR count). The molecule has 4 N–H and O–H groups in total. The van der Waals surface area contributed by atoms with Crippen LogP contribution in [-0.4, -0.2) is 47.7 Å². The lowest BCUT2D eigenvalue weighted by Crippen LogP contribution is -2.42. The van der Waals surface area contributed by atoms with E-state index in [-0.39, 0.29) is 12.0 Å². The number of para-hydroxylation sites is 1. The van der Waals surface area contributed by atoms with Crippen molar-refractivity contribution in [3.63, 3.8) is 0 Å². The molecular formula is C22H24BN7O. The van der Waals surface area contributed by atoms with Crippen molar-refractivity contribution in [3.05, 3.63) is 59.8 Å². The largest absolute Gasteiger partial charge is 0.496 e. The molecule has 2 aromatic heterocycles. The average Bonchev–Trinajstić information content (AvgIpc) is 3.23. The Kier molecular flexibility index (Phi) is 4.86. The minimum Gasteiger partial charge on any atom is -0.496 e. The Balaban J connectivity index is 1.47. The van der Waals surface area contributed by atoms with Crippen LogP contribution in [0.2, 0.25) is 0 Å². The Morgan fingerprint density at radius 1 is 1.26 bits per heavy atom. The maximum Gasteiger partial charge on any atom is 0.224 e. The fourth-order valence-corrected chi connectivity index (χ4v) is 4.32. The van der Waals surface area contributed by atoms with E-state index in [1.807, 2.05) is 6.07 Å². The highest BCUT2D eigenvalue weighted by atomic mass is 16.5. The number of hydrogen-bond acceptors (Lipinski definition) is 7. The zero-order valence-corrected chi connectivity index (χ0v) is 17.6. The summed E-state index contributed by atoms with van der Waals surface area (Å²) in [5.41, 5.74) is 11.5. The Bertz CT molecular complexity index is 1240. The Morgan fingerprint density at radius 3 is 3.00 bits per heavy atom. The van der Waals surface area contributed by atoms with Crippen LogP contribution in [0.4, 0.5) is 17.5 Å². The number of aromatic amines is 1. The number of anilines is 3. The zero-order chi connectivity index (χ0) is 21.4. The van der Waals surface area contributed by atoms with Crippen molar-refractivity contribution < 1.29 is 4.74 Å². The second-order valence-corrected chi connectivity index (χ2v) is 7.93. The molecule has 156 valence electrons. The molecule has 0 bridgehead atoms. The van der Waals surface area contributed by atoms with E-state index in [0.717, 1.165) is 30.6 Å². The lowest BCUT2D eigenvalue weighted by atomic mass is 9.93. The second kappa shape index (κ2) is 7.83. The summed E-state index contributed by atoms with van der Waals surface area (Å²) < 4.78 is 5.62. The van der Waals surface area contributed by atoms with Crippen molar-refractivity contribution in [1.29, 1.82) is 0 Å². The SMILES string of the molecule is Bc1ccc(OC)c(CN2CC(Nc3nc(N)nc4[nH]ncc34)Cc3ccccc32)c1. The topological polar surface area (TPSA) is 105 Å². The third kappa shape index (κ3) is 3.74. The Hall–Kier alpha value is -3.75. The quantitative estimate of drug-likeness (QED) is 0.423. The van der Waals surface area contributed by atoms with Crippen molar-refractivity contribution >= 4 is 41.8 Å². The molecule has 0 saturated heterocycles. The van der Waals surface area contributed by atoms with Gasteiger partial charge in [-0.15, -0.1) is 0 Å². The van der Waals surface area contributed by atoms with Crippen LogP contribution in [0.1, 0.15) is 11.1 Å². The van der Waals surface area contributed by atoms with Gasteiger partial charge >= 0.3 is 0 Å². The first-order valence-electron chi connectivity index (χ1n) is 10.3. The molecule has 2 aromatic carbocycles. The van der Waals surface area contributed by atoms with Gasteiger partial charge in [0.2, 0.25) is 5.95 Å². The fourth-order valence-electron chi connectivity index (χ4n) is 4.32. The van der Waals surface area contributed by atoms with Gasteiger partial charge < -0.3 is 20.7 Å². The number of methoxy groups -OCH3 is 1. The number of nitrogen functional groups attached to an aromatic ring is 1. The van der Waals surface area contributed by atoms with Gasteiger partial charge in [-0.05, 0) is 24.1 Å². The molecule has 0 radical (unpaired) electrons. The van der Waals surface area contributed by atoms with Gasteiger partial charge in [-0.3, -0.25) is 5.10 Å². The number of H-pyrrole nitrogens is 1. The molecule has 0 fully saturated rings. The molecule has 0 aliphatic carbocycles. The zero-order valence-electron chi connectivity index (χ0n) is 17.6. The van der Waals surface area contributed by atoms with E-state index in [1.165, 1.54) is 22.3 Å². The number of rotatable bonds is 5. The summed E-state index contributed by atoms with van der Waals surface area (Å²) >= 11 is 0. The molecular weight excluding hydrogens is 389 g/mol. The minimum atomic E-state index is 0.151. The normalized spacial score (nSPS) is 15.6. The van der Waals surface area contributed by atoms with Crippen molar-refractivity contribution in [1.82, 2.24) is 20.2 Å². The molecule has 8 nitrogen and oxygen atoms in total. The number of benzene rings is 2. The predicted octanol–water partition coefficient (Wildman–Crippen LogP) is 1.25. The molecule has 9 heteroatoms. The van der Waals surface area contributed by atoms with Crippen LogP contribution in [0.5, 0.6) is 5.75 Å². The van der Waals surface area contributed by atoms with E-state index >= 15 is 0 Å². The molecule has 1 unspecified atom stereocenters. The maximum absolute atomic E-state index is 5.91. The minimum absolute atomic E-state index is 0.151. The highest BCUT2D eigenvalue weighted by Gasteiger charge is 2.26. The van der Waals surface area contributed by atoms with Crippen molar-refractivity contribution in [2.24, 2.45) is 0 Å². The Labute approximate surface area is 181 Å².